The second-order valence-corrected chi connectivity index (χ2v) is 6.30. The van der Waals surface area contributed by atoms with Crippen LogP contribution in [0, 0.1) is 5.41 Å². The molecule has 1 spiro atoms. The summed E-state index contributed by atoms with van der Waals surface area (Å²) in [6, 6.07) is 3.51. The van der Waals surface area contributed by atoms with Crippen molar-refractivity contribution in [3.05, 3.63) is 22.8 Å². The summed E-state index contributed by atoms with van der Waals surface area (Å²) in [5, 5.41) is 0. The van der Waals surface area contributed by atoms with Crippen LogP contribution < -0.4 is 4.90 Å². The first-order valence-electron chi connectivity index (χ1n) is 6.61. The summed E-state index contributed by atoms with van der Waals surface area (Å²) in [6.45, 7) is 0. The zero-order chi connectivity index (χ0) is 13.5. The molecule has 1 saturated heterocycles. The van der Waals surface area contributed by atoms with Crippen LogP contribution in [0.3, 0.4) is 0 Å². The molecular weight excluding hydrogens is 308 g/mol. The number of nitrogens with zero attached hydrogens (tertiary/aromatic N) is 2. The molecule has 19 heavy (non-hydrogen) atoms. The van der Waals surface area contributed by atoms with Gasteiger partial charge < -0.3 is 0 Å². The maximum atomic E-state index is 12.6. The van der Waals surface area contributed by atoms with Crippen LogP contribution in [-0.4, -0.2) is 16.8 Å². The van der Waals surface area contributed by atoms with Gasteiger partial charge in [-0.15, -0.1) is 0 Å². The van der Waals surface area contributed by atoms with Gasteiger partial charge >= 0.3 is 0 Å². The van der Waals surface area contributed by atoms with Crippen LogP contribution in [-0.2, 0) is 9.59 Å². The molecule has 2 amide bonds. The Morgan fingerprint density at radius 2 is 1.89 bits per heavy atom. The van der Waals surface area contributed by atoms with Gasteiger partial charge in [-0.2, -0.15) is 0 Å². The van der Waals surface area contributed by atoms with Gasteiger partial charge in [-0.05, 0) is 40.9 Å². The Kier molecular flexibility index (Phi) is 3.17. The van der Waals surface area contributed by atoms with Gasteiger partial charge in [0.05, 0.1) is 5.41 Å². The first-order chi connectivity index (χ1) is 9.12. The molecule has 2 heterocycles. The zero-order valence-corrected chi connectivity index (χ0v) is 12.1. The lowest BCUT2D eigenvalue weighted by Crippen LogP contribution is -2.37. The highest BCUT2D eigenvalue weighted by Gasteiger charge is 2.52. The number of carbonyl (C=O) groups excluding carboxylic acids is 2. The molecule has 0 bridgehead atoms. The third kappa shape index (κ3) is 2.10. The SMILES string of the molecule is O=C1CC2(CCCCC2)C(=O)N1c1ccc(Br)cn1. The second kappa shape index (κ2) is 4.71. The summed E-state index contributed by atoms with van der Waals surface area (Å²) < 4.78 is 0.836. The molecule has 0 atom stereocenters. The zero-order valence-electron chi connectivity index (χ0n) is 10.6. The van der Waals surface area contributed by atoms with E-state index in [1.54, 1.807) is 18.3 Å². The molecule has 1 saturated carbocycles. The van der Waals surface area contributed by atoms with Crippen molar-refractivity contribution in [3.63, 3.8) is 0 Å². The van der Waals surface area contributed by atoms with E-state index < -0.39 is 5.41 Å². The number of carbonyl (C=O) groups is 2. The largest absolute Gasteiger partial charge is 0.274 e. The average molecular weight is 323 g/mol. The summed E-state index contributed by atoms with van der Waals surface area (Å²) in [7, 11) is 0. The van der Waals surface area contributed by atoms with E-state index in [4.69, 9.17) is 0 Å². The van der Waals surface area contributed by atoms with E-state index in [1.165, 1.54) is 11.3 Å². The van der Waals surface area contributed by atoms with Crippen LogP contribution in [0.2, 0.25) is 0 Å². The topological polar surface area (TPSA) is 50.3 Å². The Hall–Kier alpha value is -1.23. The normalized spacial score (nSPS) is 22.3. The molecule has 4 nitrogen and oxygen atoms in total. The van der Waals surface area contributed by atoms with E-state index in [9.17, 15) is 9.59 Å². The molecule has 3 rings (SSSR count). The van der Waals surface area contributed by atoms with Crippen molar-refractivity contribution < 1.29 is 9.59 Å². The van der Waals surface area contributed by atoms with Crippen molar-refractivity contribution in [1.29, 1.82) is 0 Å². The van der Waals surface area contributed by atoms with Gasteiger partial charge in [0.1, 0.15) is 5.82 Å². The van der Waals surface area contributed by atoms with E-state index in [0.717, 1.165) is 30.2 Å². The minimum Gasteiger partial charge on any atom is -0.274 e. The molecular formula is C14H15BrN2O2. The van der Waals surface area contributed by atoms with E-state index in [0.29, 0.717) is 12.2 Å². The highest BCUT2D eigenvalue weighted by molar-refractivity contribution is 9.10. The van der Waals surface area contributed by atoms with Crippen LogP contribution in [0.25, 0.3) is 0 Å². The molecule has 2 aliphatic rings. The second-order valence-electron chi connectivity index (χ2n) is 5.39. The molecule has 0 aromatic carbocycles. The van der Waals surface area contributed by atoms with Gasteiger partial charge in [-0.25, -0.2) is 9.88 Å². The van der Waals surface area contributed by atoms with Crippen LogP contribution >= 0.6 is 15.9 Å². The van der Waals surface area contributed by atoms with Crippen LogP contribution in [0.1, 0.15) is 38.5 Å². The van der Waals surface area contributed by atoms with Crippen molar-refractivity contribution in [2.45, 2.75) is 38.5 Å². The molecule has 0 radical (unpaired) electrons. The molecule has 100 valence electrons. The molecule has 0 N–H and O–H groups in total. The van der Waals surface area contributed by atoms with Gasteiger partial charge in [0.15, 0.2) is 0 Å². The summed E-state index contributed by atoms with van der Waals surface area (Å²) in [5.41, 5.74) is -0.440. The number of imide groups is 1. The molecule has 1 aromatic heterocycles. The van der Waals surface area contributed by atoms with E-state index in [1.807, 2.05) is 0 Å². The fourth-order valence-electron chi connectivity index (χ4n) is 3.15. The molecule has 0 unspecified atom stereocenters. The average Bonchev–Trinajstić information content (AvgIpc) is 2.64. The highest BCUT2D eigenvalue weighted by atomic mass is 79.9. The van der Waals surface area contributed by atoms with E-state index in [2.05, 4.69) is 20.9 Å². The third-order valence-electron chi connectivity index (χ3n) is 4.15. The Morgan fingerprint density at radius 1 is 1.16 bits per heavy atom. The summed E-state index contributed by atoms with van der Waals surface area (Å²) >= 11 is 3.30. The third-order valence-corrected chi connectivity index (χ3v) is 4.62. The monoisotopic (exact) mass is 322 g/mol. The van der Waals surface area contributed by atoms with Gasteiger partial charge in [-0.1, -0.05) is 19.3 Å². The number of pyridine rings is 1. The smallest absolute Gasteiger partial charge is 0.241 e. The lowest BCUT2D eigenvalue weighted by Gasteiger charge is -2.30. The standard InChI is InChI=1S/C14H15BrN2O2/c15-10-4-5-11(16-9-10)17-12(18)8-14(13(17)19)6-2-1-3-7-14/h4-5,9H,1-3,6-8H2. The van der Waals surface area contributed by atoms with Crippen molar-refractivity contribution >= 4 is 33.6 Å². The number of hydrogen-bond acceptors (Lipinski definition) is 3. The lowest BCUT2D eigenvalue weighted by molar-refractivity contribution is -0.127. The maximum Gasteiger partial charge on any atom is 0.241 e. The Balaban J connectivity index is 1.92. The predicted octanol–water partition coefficient (Wildman–Crippen LogP) is 3.06. The Labute approximate surface area is 120 Å². The van der Waals surface area contributed by atoms with Crippen molar-refractivity contribution in [2.24, 2.45) is 5.41 Å². The van der Waals surface area contributed by atoms with Crippen molar-refractivity contribution in [1.82, 2.24) is 4.98 Å². The van der Waals surface area contributed by atoms with E-state index >= 15 is 0 Å². The van der Waals surface area contributed by atoms with Crippen molar-refractivity contribution in [2.75, 3.05) is 4.90 Å². The number of halogens is 1. The highest BCUT2D eigenvalue weighted by Crippen LogP contribution is 2.46. The van der Waals surface area contributed by atoms with Gasteiger partial charge in [0.25, 0.3) is 0 Å². The van der Waals surface area contributed by atoms with Crippen molar-refractivity contribution in [3.8, 4) is 0 Å². The molecule has 2 fully saturated rings. The Bertz CT molecular complexity index is 521. The number of aromatic nitrogens is 1. The summed E-state index contributed by atoms with van der Waals surface area (Å²) in [5.74, 6) is 0.286. The van der Waals surface area contributed by atoms with Crippen LogP contribution in [0.4, 0.5) is 5.82 Å². The number of amides is 2. The van der Waals surface area contributed by atoms with Gasteiger partial charge in [0.2, 0.25) is 11.8 Å². The number of rotatable bonds is 1. The van der Waals surface area contributed by atoms with E-state index in [-0.39, 0.29) is 11.8 Å². The predicted molar refractivity (Wildman–Crippen MR) is 74.6 cm³/mol. The lowest BCUT2D eigenvalue weighted by atomic mass is 9.73. The van der Waals surface area contributed by atoms with Crippen LogP contribution in [0.15, 0.2) is 22.8 Å². The fourth-order valence-corrected chi connectivity index (χ4v) is 3.38. The maximum absolute atomic E-state index is 12.6. The number of anilines is 1. The first kappa shape index (κ1) is 12.8. The molecule has 1 aliphatic carbocycles. The first-order valence-corrected chi connectivity index (χ1v) is 7.41. The quantitative estimate of drug-likeness (QED) is 0.747. The number of hydrogen-bond donors (Lipinski definition) is 0. The molecule has 1 aromatic rings. The minimum atomic E-state index is -0.440. The van der Waals surface area contributed by atoms with Crippen LogP contribution in [0.5, 0.6) is 0 Å². The molecule has 5 heteroatoms. The fraction of sp³-hybridized carbons (Fsp3) is 0.500. The Morgan fingerprint density at radius 3 is 2.53 bits per heavy atom. The van der Waals surface area contributed by atoms with Gasteiger partial charge in [0, 0.05) is 17.1 Å². The van der Waals surface area contributed by atoms with Gasteiger partial charge in [-0.3, -0.25) is 9.59 Å². The minimum absolute atomic E-state index is 0.0491. The summed E-state index contributed by atoms with van der Waals surface area (Å²) in [6.07, 6.45) is 6.89. The molecule has 1 aliphatic heterocycles. The summed E-state index contributed by atoms with van der Waals surface area (Å²) in [4.78, 5) is 30.3.